The third-order valence-electron chi connectivity index (χ3n) is 1.64. The minimum atomic E-state index is -0.927. The number of halogens is 1. The van der Waals surface area contributed by atoms with Crippen molar-refractivity contribution in [3.63, 3.8) is 0 Å². The Labute approximate surface area is 95.2 Å². The number of nitriles is 1. The molecule has 0 saturated heterocycles. The van der Waals surface area contributed by atoms with Crippen LogP contribution in [0.2, 0.25) is 0 Å². The Morgan fingerprint density at radius 1 is 1.60 bits per heavy atom. The highest BCUT2D eigenvalue weighted by atomic mass is 79.9. The number of carboxylic acids is 1. The second-order valence-electron chi connectivity index (χ2n) is 2.74. The summed E-state index contributed by atoms with van der Waals surface area (Å²) in [5.74, 6) is -0.531. The number of nitrogens with zero attached hydrogens (tertiary/aromatic N) is 1. The van der Waals surface area contributed by atoms with Gasteiger partial charge in [-0.05, 0) is 18.2 Å². The SMILES string of the molecule is N#Cc1ccc(Br)cc1OCCC(=O)O. The molecule has 0 heterocycles. The zero-order valence-electron chi connectivity index (χ0n) is 7.74. The van der Waals surface area contributed by atoms with Crippen LogP contribution in [0.4, 0.5) is 0 Å². The van der Waals surface area contributed by atoms with Crippen LogP contribution >= 0.6 is 15.9 Å². The van der Waals surface area contributed by atoms with Gasteiger partial charge in [0.2, 0.25) is 0 Å². The van der Waals surface area contributed by atoms with E-state index in [-0.39, 0.29) is 13.0 Å². The van der Waals surface area contributed by atoms with Crippen LogP contribution < -0.4 is 4.74 Å². The van der Waals surface area contributed by atoms with Crippen molar-refractivity contribution in [3.05, 3.63) is 28.2 Å². The van der Waals surface area contributed by atoms with Gasteiger partial charge in [0.05, 0.1) is 18.6 Å². The molecule has 1 aromatic carbocycles. The van der Waals surface area contributed by atoms with E-state index in [1.54, 1.807) is 18.2 Å². The maximum Gasteiger partial charge on any atom is 0.306 e. The van der Waals surface area contributed by atoms with E-state index in [2.05, 4.69) is 15.9 Å². The molecule has 4 nitrogen and oxygen atoms in total. The fourth-order valence-corrected chi connectivity index (χ4v) is 1.30. The molecule has 5 heteroatoms. The molecule has 0 saturated carbocycles. The second kappa shape index (κ2) is 5.37. The predicted octanol–water partition coefficient (Wildman–Crippen LogP) is 2.17. The van der Waals surface area contributed by atoms with Crippen LogP contribution in [0.5, 0.6) is 5.75 Å². The molecule has 0 aromatic heterocycles. The molecule has 0 spiro atoms. The van der Waals surface area contributed by atoms with Crippen LogP contribution in [-0.2, 0) is 4.79 Å². The number of hydrogen-bond acceptors (Lipinski definition) is 3. The molecule has 78 valence electrons. The maximum absolute atomic E-state index is 10.3. The molecule has 1 N–H and O–H groups in total. The molecule has 0 amide bonds. The fourth-order valence-electron chi connectivity index (χ4n) is 0.956. The number of benzene rings is 1. The lowest BCUT2D eigenvalue weighted by Gasteiger charge is -2.06. The van der Waals surface area contributed by atoms with Crippen LogP contribution in [0.1, 0.15) is 12.0 Å². The molecule has 0 radical (unpaired) electrons. The summed E-state index contributed by atoms with van der Waals surface area (Å²) in [7, 11) is 0. The van der Waals surface area contributed by atoms with E-state index in [4.69, 9.17) is 15.1 Å². The highest BCUT2D eigenvalue weighted by Crippen LogP contribution is 2.23. The Hall–Kier alpha value is -1.54. The molecule has 0 aliphatic heterocycles. The van der Waals surface area contributed by atoms with Crippen molar-refractivity contribution in [3.8, 4) is 11.8 Å². The van der Waals surface area contributed by atoms with Crippen LogP contribution in [-0.4, -0.2) is 17.7 Å². The van der Waals surface area contributed by atoms with E-state index in [1.165, 1.54) is 0 Å². The van der Waals surface area contributed by atoms with Gasteiger partial charge in [-0.15, -0.1) is 0 Å². The number of carboxylic acid groups (broad SMARTS) is 1. The second-order valence-corrected chi connectivity index (χ2v) is 3.66. The Kier molecular flexibility index (Phi) is 4.13. The van der Waals surface area contributed by atoms with Gasteiger partial charge in [-0.3, -0.25) is 4.79 Å². The fraction of sp³-hybridized carbons (Fsp3) is 0.200. The van der Waals surface area contributed by atoms with E-state index < -0.39 is 5.97 Å². The van der Waals surface area contributed by atoms with Gasteiger partial charge < -0.3 is 9.84 Å². The maximum atomic E-state index is 10.3. The van der Waals surface area contributed by atoms with Gasteiger partial charge >= 0.3 is 5.97 Å². The lowest BCUT2D eigenvalue weighted by molar-refractivity contribution is -0.137. The first-order valence-corrected chi connectivity index (χ1v) is 4.97. The minimum Gasteiger partial charge on any atom is -0.492 e. The van der Waals surface area contributed by atoms with Gasteiger partial charge in [0.25, 0.3) is 0 Å². The summed E-state index contributed by atoms with van der Waals surface area (Å²) in [4.78, 5) is 10.3. The Morgan fingerprint density at radius 3 is 2.93 bits per heavy atom. The average Bonchev–Trinajstić information content (AvgIpc) is 2.17. The normalized spacial score (nSPS) is 9.33. The largest absolute Gasteiger partial charge is 0.492 e. The molecule has 0 unspecified atom stereocenters. The van der Waals surface area contributed by atoms with Gasteiger partial charge in [-0.1, -0.05) is 15.9 Å². The summed E-state index contributed by atoms with van der Waals surface area (Å²) in [5.41, 5.74) is 0.392. The summed E-state index contributed by atoms with van der Waals surface area (Å²) < 4.78 is 5.97. The molecular weight excluding hydrogens is 262 g/mol. The summed E-state index contributed by atoms with van der Waals surface area (Å²) >= 11 is 3.24. The quantitative estimate of drug-likeness (QED) is 0.910. The first-order chi connectivity index (χ1) is 7.13. The molecule has 0 fully saturated rings. The van der Waals surface area contributed by atoms with Crippen LogP contribution in [0.3, 0.4) is 0 Å². The van der Waals surface area contributed by atoms with Crippen LogP contribution in [0, 0.1) is 11.3 Å². The molecule has 1 aromatic rings. The number of ether oxygens (including phenoxy) is 1. The first-order valence-electron chi connectivity index (χ1n) is 4.17. The topological polar surface area (TPSA) is 70.3 Å². The summed E-state index contributed by atoms with van der Waals surface area (Å²) in [6, 6.07) is 6.94. The lowest BCUT2D eigenvalue weighted by Crippen LogP contribution is -2.05. The molecule has 0 bridgehead atoms. The van der Waals surface area contributed by atoms with Crippen molar-refractivity contribution in [1.82, 2.24) is 0 Å². The van der Waals surface area contributed by atoms with E-state index >= 15 is 0 Å². The molecule has 0 atom stereocenters. The predicted molar refractivity (Wildman–Crippen MR) is 56.6 cm³/mol. The van der Waals surface area contributed by atoms with Gasteiger partial charge in [0.15, 0.2) is 0 Å². The molecule has 0 aliphatic carbocycles. The smallest absolute Gasteiger partial charge is 0.306 e. The van der Waals surface area contributed by atoms with Crippen molar-refractivity contribution in [1.29, 1.82) is 5.26 Å². The summed E-state index contributed by atoms with van der Waals surface area (Å²) in [5, 5.41) is 17.2. The molecule has 1 rings (SSSR count). The van der Waals surface area contributed by atoms with E-state index in [1.807, 2.05) is 6.07 Å². The average molecular weight is 270 g/mol. The van der Waals surface area contributed by atoms with Gasteiger partial charge in [0.1, 0.15) is 11.8 Å². The van der Waals surface area contributed by atoms with Crippen molar-refractivity contribution >= 4 is 21.9 Å². The van der Waals surface area contributed by atoms with E-state index in [0.29, 0.717) is 11.3 Å². The third-order valence-corrected chi connectivity index (χ3v) is 2.13. The Morgan fingerprint density at radius 2 is 2.33 bits per heavy atom. The standard InChI is InChI=1S/C10H8BrNO3/c11-8-2-1-7(6-12)9(5-8)15-4-3-10(13)14/h1-2,5H,3-4H2,(H,13,14). The van der Waals surface area contributed by atoms with Crippen LogP contribution in [0.15, 0.2) is 22.7 Å². The zero-order chi connectivity index (χ0) is 11.3. The third kappa shape index (κ3) is 3.60. The monoisotopic (exact) mass is 269 g/mol. The number of aliphatic carboxylic acids is 1. The highest BCUT2D eigenvalue weighted by Gasteiger charge is 2.05. The van der Waals surface area contributed by atoms with Gasteiger partial charge in [0, 0.05) is 4.47 Å². The molecule has 0 aliphatic rings. The minimum absolute atomic E-state index is 0.0560. The lowest BCUT2D eigenvalue weighted by atomic mass is 10.2. The number of hydrogen-bond donors (Lipinski definition) is 1. The van der Waals surface area contributed by atoms with Gasteiger partial charge in [-0.25, -0.2) is 0 Å². The van der Waals surface area contributed by atoms with Gasteiger partial charge in [-0.2, -0.15) is 5.26 Å². The van der Waals surface area contributed by atoms with Crippen molar-refractivity contribution in [2.45, 2.75) is 6.42 Å². The highest BCUT2D eigenvalue weighted by molar-refractivity contribution is 9.10. The number of carbonyl (C=O) groups is 1. The first kappa shape index (κ1) is 11.5. The van der Waals surface area contributed by atoms with Crippen molar-refractivity contribution in [2.24, 2.45) is 0 Å². The summed E-state index contributed by atoms with van der Waals surface area (Å²) in [6.07, 6.45) is -0.0859. The van der Waals surface area contributed by atoms with E-state index in [0.717, 1.165) is 4.47 Å². The van der Waals surface area contributed by atoms with E-state index in [9.17, 15) is 4.79 Å². The molecular formula is C10H8BrNO3. The van der Waals surface area contributed by atoms with Crippen molar-refractivity contribution in [2.75, 3.05) is 6.61 Å². The Bertz CT molecular complexity index is 412. The summed E-state index contributed by atoms with van der Waals surface area (Å²) in [6.45, 7) is 0.0560. The number of rotatable bonds is 4. The van der Waals surface area contributed by atoms with Crippen molar-refractivity contribution < 1.29 is 14.6 Å². The zero-order valence-corrected chi connectivity index (χ0v) is 9.32. The Balaban J connectivity index is 2.71. The van der Waals surface area contributed by atoms with Crippen LogP contribution in [0.25, 0.3) is 0 Å². The molecule has 15 heavy (non-hydrogen) atoms.